The number of carboxylic acids is 1. The van der Waals surface area contributed by atoms with E-state index in [9.17, 15) is 9.90 Å². The van der Waals surface area contributed by atoms with Crippen LogP contribution in [-0.2, 0) is 11.2 Å². The van der Waals surface area contributed by atoms with Gasteiger partial charge in [-0.25, -0.2) is 4.79 Å². The van der Waals surface area contributed by atoms with Crippen molar-refractivity contribution < 1.29 is 44.6 Å². The number of carboxylic acid groups (broad SMARTS) is 1. The minimum atomic E-state index is -1.05. The fourth-order valence-electron chi connectivity index (χ4n) is 1.41. The molecule has 0 spiro atoms. The first-order valence-electron chi connectivity index (χ1n) is 5.07. The smallest absolute Gasteiger partial charge is 0.862 e. The summed E-state index contributed by atoms with van der Waals surface area (Å²) in [7, 11) is 0. The molecule has 0 aliphatic rings. The topological polar surface area (TPSA) is 72.7 Å². The summed E-state index contributed by atoms with van der Waals surface area (Å²) < 4.78 is 0. The molecule has 0 aliphatic heterocycles. The molecule has 0 aromatic heterocycles. The Morgan fingerprint density at radius 3 is 2.47 bits per heavy atom. The van der Waals surface area contributed by atoms with Gasteiger partial charge in [0, 0.05) is 0 Å². The quantitative estimate of drug-likeness (QED) is 0.364. The molecule has 1 rings (SSSR count). The number of aliphatic imine (C=N–C) groups is 1. The first-order valence-corrected chi connectivity index (χ1v) is 5.07. The molecule has 0 amide bonds. The molecule has 0 radical (unpaired) electrons. The molecule has 1 N–H and O–H groups in total. The fourth-order valence-corrected chi connectivity index (χ4v) is 1.41. The van der Waals surface area contributed by atoms with E-state index in [1.54, 1.807) is 0 Å². The van der Waals surface area contributed by atoms with Gasteiger partial charge in [0.15, 0.2) is 0 Å². The minimum Gasteiger partial charge on any atom is -0.862 e. The van der Waals surface area contributed by atoms with Crippen LogP contribution in [0.3, 0.4) is 0 Å². The number of aryl methyl sites for hydroxylation is 1. The molecule has 1 aromatic carbocycles. The van der Waals surface area contributed by atoms with Gasteiger partial charge in [0.25, 0.3) is 0 Å². The summed E-state index contributed by atoms with van der Waals surface area (Å²) in [5.41, 5.74) is 1.05. The molecule has 0 unspecified atom stereocenters. The van der Waals surface area contributed by atoms with Crippen molar-refractivity contribution in [3.05, 3.63) is 35.9 Å². The predicted octanol–water partition coefficient (Wildman–Crippen LogP) is -2.14. The number of benzene rings is 1. The van der Waals surface area contributed by atoms with Gasteiger partial charge in [-0.15, -0.1) is 0 Å². The molecule has 0 saturated heterocycles. The summed E-state index contributed by atoms with van der Waals surface area (Å²) in [6.45, 7) is 1.26. The van der Waals surface area contributed by atoms with Crippen LogP contribution in [0.5, 0.6) is 0 Å². The second kappa shape index (κ2) is 8.28. The zero-order valence-corrected chi connectivity index (χ0v) is 12.1. The standard InChI is InChI=1S/C12H15NO3.Na/c1-9(14)13-11(12(15)16)8-7-10-5-3-2-4-6-10;/h2-6,11H,7-8H2,1H3,(H,13,14)(H,15,16);/q;+1/p-1/t11-;/m1./s1. The van der Waals surface area contributed by atoms with Crippen LogP contribution in [0, 0.1) is 0 Å². The van der Waals surface area contributed by atoms with E-state index >= 15 is 0 Å². The third-order valence-electron chi connectivity index (χ3n) is 2.17. The summed E-state index contributed by atoms with van der Waals surface area (Å²) in [5.74, 6) is -1.49. The van der Waals surface area contributed by atoms with Crippen LogP contribution in [0.1, 0.15) is 18.9 Å². The van der Waals surface area contributed by atoms with E-state index in [2.05, 4.69) is 4.99 Å². The maximum absolute atomic E-state index is 10.8. The van der Waals surface area contributed by atoms with E-state index in [4.69, 9.17) is 5.11 Å². The average molecular weight is 243 g/mol. The largest absolute Gasteiger partial charge is 1.00 e. The van der Waals surface area contributed by atoms with Crippen LogP contribution in [0.15, 0.2) is 35.3 Å². The molecule has 0 fully saturated rings. The van der Waals surface area contributed by atoms with Crippen LogP contribution in [0.25, 0.3) is 0 Å². The maximum Gasteiger partial charge on any atom is 1.00 e. The Kier molecular flexibility index (Phi) is 7.87. The van der Waals surface area contributed by atoms with Gasteiger partial charge in [-0.1, -0.05) is 30.3 Å². The van der Waals surface area contributed by atoms with Crippen LogP contribution in [-0.4, -0.2) is 23.0 Å². The number of rotatable bonds is 5. The van der Waals surface area contributed by atoms with Crippen LogP contribution in [0.4, 0.5) is 0 Å². The predicted molar refractivity (Wildman–Crippen MR) is 59.3 cm³/mol. The first-order chi connectivity index (χ1) is 7.59. The van der Waals surface area contributed by atoms with Gasteiger partial charge in [-0.05, 0) is 31.2 Å². The van der Waals surface area contributed by atoms with E-state index in [0.29, 0.717) is 12.8 Å². The Hall–Kier alpha value is -0.840. The van der Waals surface area contributed by atoms with Crippen molar-refractivity contribution in [2.45, 2.75) is 25.8 Å². The van der Waals surface area contributed by atoms with Gasteiger partial charge < -0.3 is 10.2 Å². The van der Waals surface area contributed by atoms with Crippen molar-refractivity contribution in [1.82, 2.24) is 0 Å². The molecule has 5 heteroatoms. The van der Waals surface area contributed by atoms with E-state index in [1.165, 1.54) is 6.92 Å². The maximum atomic E-state index is 10.8. The van der Waals surface area contributed by atoms with E-state index in [-0.39, 0.29) is 29.6 Å². The summed E-state index contributed by atoms with van der Waals surface area (Å²) in [5, 5.41) is 19.6. The summed E-state index contributed by atoms with van der Waals surface area (Å²) in [6, 6.07) is 8.61. The molecule has 86 valence electrons. The molecular weight excluding hydrogens is 229 g/mol. The molecule has 0 aliphatic carbocycles. The zero-order chi connectivity index (χ0) is 12.0. The van der Waals surface area contributed by atoms with Crippen LogP contribution in [0.2, 0.25) is 0 Å². The second-order valence-electron chi connectivity index (χ2n) is 3.53. The third-order valence-corrected chi connectivity index (χ3v) is 2.17. The van der Waals surface area contributed by atoms with Gasteiger partial charge in [-0.3, -0.25) is 4.99 Å². The Morgan fingerprint density at radius 1 is 1.41 bits per heavy atom. The summed E-state index contributed by atoms with van der Waals surface area (Å²) in [4.78, 5) is 14.4. The Labute approximate surface area is 123 Å². The molecular formula is C12H14NNaO3. The van der Waals surface area contributed by atoms with Gasteiger partial charge in [0.1, 0.15) is 6.04 Å². The zero-order valence-electron chi connectivity index (χ0n) is 10.1. The number of aliphatic carboxylic acids is 1. The molecule has 0 saturated carbocycles. The number of hydrogen-bond acceptors (Lipinski definition) is 3. The van der Waals surface area contributed by atoms with Crippen LogP contribution >= 0.6 is 0 Å². The van der Waals surface area contributed by atoms with Crippen molar-refractivity contribution in [3.8, 4) is 0 Å². The fraction of sp³-hybridized carbons (Fsp3) is 0.333. The van der Waals surface area contributed by atoms with Crippen molar-refractivity contribution in [1.29, 1.82) is 0 Å². The minimum absolute atomic E-state index is 0. The summed E-state index contributed by atoms with van der Waals surface area (Å²) >= 11 is 0. The Morgan fingerprint density at radius 2 is 2.00 bits per heavy atom. The molecule has 1 atom stereocenters. The van der Waals surface area contributed by atoms with E-state index < -0.39 is 17.9 Å². The summed E-state index contributed by atoms with van der Waals surface area (Å²) in [6.07, 6.45) is 0.952. The number of nitrogens with zero attached hydrogens (tertiary/aromatic N) is 1. The van der Waals surface area contributed by atoms with Gasteiger partial charge in [0.05, 0.1) is 0 Å². The van der Waals surface area contributed by atoms with Crippen molar-refractivity contribution >= 4 is 11.9 Å². The molecule has 4 nitrogen and oxygen atoms in total. The Bertz CT molecular complexity index is 375. The molecule has 0 heterocycles. The Balaban J connectivity index is 0.00000256. The molecule has 0 bridgehead atoms. The monoisotopic (exact) mass is 243 g/mol. The van der Waals surface area contributed by atoms with Gasteiger partial charge in [-0.2, -0.15) is 0 Å². The van der Waals surface area contributed by atoms with Gasteiger partial charge in [0.2, 0.25) is 0 Å². The van der Waals surface area contributed by atoms with E-state index in [0.717, 1.165) is 5.56 Å². The second-order valence-corrected chi connectivity index (χ2v) is 3.53. The van der Waals surface area contributed by atoms with E-state index in [1.807, 2.05) is 30.3 Å². The third kappa shape index (κ3) is 6.46. The van der Waals surface area contributed by atoms with Crippen LogP contribution < -0.4 is 34.7 Å². The SMILES string of the molecule is CC([O-])=N[C@H](CCc1ccccc1)C(=O)O.[Na+]. The molecule has 1 aromatic rings. The molecule has 17 heavy (non-hydrogen) atoms. The first kappa shape index (κ1) is 16.2. The van der Waals surface area contributed by atoms with Gasteiger partial charge >= 0.3 is 35.5 Å². The number of hydrogen-bond donors (Lipinski definition) is 1. The number of carbonyl (C=O) groups is 1. The van der Waals surface area contributed by atoms with Crippen molar-refractivity contribution in [3.63, 3.8) is 0 Å². The van der Waals surface area contributed by atoms with Crippen molar-refractivity contribution in [2.24, 2.45) is 4.99 Å². The van der Waals surface area contributed by atoms with Crippen molar-refractivity contribution in [2.75, 3.05) is 0 Å². The average Bonchev–Trinajstić information content (AvgIpc) is 2.25. The normalized spacial score (nSPS) is 12.6.